The highest BCUT2D eigenvalue weighted by Crippen LogP contribution is 2.30. The van der Waals surface area contributed by atoms with E-state index < -0.39 is 0 Å². The number of likely N-dealkylation sites (tertiary alicyclic amines) is 1. The van der Waals surface area contributed by atoms with Crippen LogP contribution in [0.5, 0.6) is 0 Å². The molecule has 1 N–H and O–H groups in total. The Morgan fingerprint density at radius 3 is 2.71 bits per heavy atom. The Morgan fingerprint density at radius 1 is 1.24 bits per heavy atom. The van der Waals surface area contributed by atoms with E-state index in [1.807, 2.05) is 12.1 Å². The van der Waals surface area contributed by atoms with Gasteiger partial charge in [-0.05, 0) is 50.4 Å². The monoisotopic (exact) mass is 292 g/mol. The van der Waals surface area contributed by atoms with Crippen molar-refractivity contribution in [2.75, 3.05) is 26.2 Å². The molecule has 3 heteroatoms. The fraction of sp³-hybridized carbons (Fsp3) is 0.667. The summed E-state index contributed by atoms with van der Waals surface area (Å²) in [6, 6.07) is 7.23. The third-order valence-electron chi connectivity index (χ3n) is 4.60. The summed E-state index contributed by atoms with van der Waals surface area (Å²) in [4.78, 5) is 2.49. The third kappa shape index (κ3) is 4.79. The molecule has 1 fully saturated rings. The minimum Gasteiger partial charge on any atom is -0.309 e. The molecule has 1 aromatic rings. The van der Waals surface area contributed by atoms with Gasteiger partial charge in [0.05, 0.1) is 0 Å². The Kier molecular flexibility index (Phi) is 5.77. The number of hydrogen-bond donors (Lipinski definition) is 1. The number of nitrogens with zero attached hydrogens (tertiary/aromatic N) is 1. The van der Waals surface area contributed by atoms with Gasteiger partial charge in [-0.1, -0.05) is 39.0 Å². The molecule has 2 rings (SSSR count). The number of halogens is 1. The molecule has 1 heterocycles. The zero-order valence-electron chi connectivity index (χ0n) is 13.7. The van der Waals surface area contributed by atoms with Crippen molar-refractivity contribution >= 4 is 0 Å². The quantitative estimate of drug-likeness (QED) is 0.883. The van der Waals surface area contributed by atoms with E-state index in [0.29, 0.717) is 5.41 Å². The van der Waals surface area contributed by atoms with Crippen LogP contribution in [0.15, 0.2) is 24.3 Å². The number of nitrogens with one attached hydrogen (secondary N) is 1. The molecule has 0 radical (unpaired) electrons. The normalized spacial score (nSPS) is 21.0. The van der Waals surface area contributed by atoms with Crippen molar-refractivity contribution in [3.63, 3.8) is 0 Å². The average Bonchev–Trinajstić information content (AvgIpc) is 2.60. The first-order valence-corrected chi connectivity index (χ1v) is 8.22. The summed E-state index contributed by atoms with van der Waals surface area (Å²) < 4.78 is 14.1. The van der Waals surface area contributed by atoms with Crippen LogP contribution in [0.1, 0.15) is 51.6 Å². The van der Waals surface area contributed by atoms with Gasteiger partial charge >= 0.3 is 0 Å². The Hall–Kier alpha value is -0.930. The first-order chi connectivity index (χ1) is 10.0. The molecule has 0 aromatic heterocycles. The molecule has 0 aliphatic carbocycles. The molecule has 1 aromatic carbocycles. The van der Waals surface area contributed by atoms with E-state index in [9.17, 15) is 4.39 Å². The molecule has 118 valence electrons. The fourth-order valence-corrected chi connectivity index (χ4v) is 3.20. The molecule has 1 saturated heterocycles. The second-order valence-corrected chi connectivity index (χ2v) is 6.95. The predicted molar refractivity (Wildman–Crippen MR) is 86.9 cm³/mol. The van der Waals surface area contributed by atoms with Gasteiger partial charge in [0.1, 0.15) is 5.82 Å². The second kappa shape index (κ2) is 7.37. The van der Waals surface area contributed by atoms with Crippen LogP contribution >= 0.6 is 0 Å². The summed E-state index contributed by atoms with van der Waals surface area (Å²) in [5, 5.41) is 3.45. The van der Waals surface area contributed by atoms with Crippen LogP contribution in [0.2, 0.25) is 0 Å². The van der Waals surface area contributed by atoms with Crippen molar-refractivity contribution in [2.24, 2.45) is 5.41 Å². The van der Waals surface area contributed by atoms with E-state index >= 15 is 0 Å². The maximum absolute atomic E-state index is 14.1. The van der Waals surface area contributed by atoms with E-state index in [0.717, 1.165) is 31.7 Å². The molecule has 1 aliphatic rings. The van der Waals surface area contributed by atoms with Crippen LogP contribution in [0, 0.1) is 11.2 Å². The van der Waals surface area contributed by atoms with Crippen LogP contribution in [-0.2, 0) is 0 Å². The van der Waals surface area contributed by atoms with Gasteiger partial charge in [-0.3, -0.25) is 0 Å². The lowest BCUT2D eigenvalue weighted by atomic mass is 9.85. The van der Waals surface area contributed by atoms with Crippen LogP contribution in [0.4, 0.5) is 4.39 Å². The SMILES string of the molecule is CCNC(CN1CCCC(C)(C)CC1)c1ccccc1F. The van der Waals surface area contributed by atoms with Crippen molar-refractivity contribution in [1.82, 2.24) is 10.2 Å². The van der Waals surface area contributed by atoms with Gasteiger partial charge in [-0.15, -0.1) is 0 Å². The lowest BCUT2D eigenvalue weighted by Gasteiger charge is -2.28. The lowest BCUT2D eigenvalue weighted by molar-refractivity contribution is 0.236. The van der Waals surface area contributed by atoms with Crippen molar-refractivity contribution in [3.8, 4) is 0 Å². The molecule has 0 spiro atoms. The highest BCUT2D eigenvalue weighted by atomic mass is 19.1. The summed E-state index contributed by atoms with van der Waals surface area (Å²) in [5.41, 5.74) is 1.24. The Morgan fingerprint density at radius 2 is 2.00 bits per heavy atom. The molecule has 2 nitrogen and oxygen atoms in total. The molecule has 1 aliphatic heterocycles. The topological polar surface area (TPSA) is 15.3 Å². The van der Waals surface area contributed by atoms with Crippen LogP contribution in [-0.4, -0.2) is 31.1 Å². The van der Waals surface area contributed by atoms with E-state index in [-0.39, 0.29) is 11.9 Å². The molecule has 0 saturated carbocycles. The van der Waals surface area contributed by atoms with Gasteiger partial charge in [0.25, 0.3) is 0 Å². The van der Waals surface area contributed by atoms with Crippen LogP contribution in [0.25, 0.3) is 0 Å². The van der Waals surface area contributed by atoms with Crippen LogP contribution < -0.4 is 5.32 Å². The van der Waals surface area contributed by atoms with Gasteiger partial charge in [0.2, 0.25) is 0 Å². The van der Waals surface area contributed by atoms with Gasteiger partial charge < -0.3 is 10.2 Å². The standard InChI is InChI=1S/C18H29FN2/c1-4-20-17(15-8-5-6-9-16(15)19)14-21-12-7-10-18(2,3)11-13-21/h5-6,8-9,17,20H,4,7,10-14H2,1-3H3. The summed E-state index contributed by atoms with van der Waals surface area (Å²) in [6.07, 6.45) is 3.75. The van der Waals surface area contributed by atoms with E-state index in [1.54, 1.807) is 12.1 Å². The first-order valence-electron chi connectivity index (χ1n) is 8.22. The van der Waals surface area contributed by atoms with Crippen molar-refractivity contribution in [2.45, 2.75) is 46.1 Å². The highest BCUT2D eigenvalue weighted by Gasteiger charge is 2.25. The molecule has 1 unspecified atom stereocenters. The summed E-state index contributed by atoms with van der Waals surface area (Å²) >= 11 is 0. The summed E-state index contributed by atoms with van der Waals surface area (Å²) in [7, 11) is 0. The molecular weight excluding hydrogens is 263 g/mol. The van der Waals surface area contributed by atoms with Crippen molar-refractivity contribution < 1.29 is 4.39 Å². The molecule has 0 bridgehead atoms. The number of rotatable bonds is 5. The Balaban J connectivity index is 2.05. The summed E-state index contributed by atoms with van der Waals surface area (Å²) in [5.74, 6) is -0.0985. The number of benzene rings is 1. The van der Waals surface area contributed by atoms with Gasteiger partial charge in [0, 0.05) is 18.2 Å². The smallest absolute Gasteiger partial charge is 0.128 e. The minimum atomic E-state index is -0.0985. The molecule has 21 heavy (non-hydrogen) atoms. The number of hydrogen-bond acceptors (Lipinski definition) is 2. The maximum atomic E-state index is 14.1. The number of likely N-dealkylation sites (N-methyl/N-ethyl adjacent to an activating group) is 1. The average molecular weight is 292 g/mol. The Bertz CT molecular complexity index is 445. The molecule has 1 atom stereocenters. The summed E-state index contributed by atoms with van der Waals surface area (Å²) in [6.45, 7) is 10.8. The zero-order chi connectivity index (χ0) is 15.3. The lowest BCUT2D eigenvalue weighted by Crippen LogP contribution is -2.36. The fourth-order valence-electron chi connectivity index (χ4n) is 3.20. The first kappa shape index (κ1) is 16.4. The second-order valence-electron chi connectivity index (χ2n) is 6.95. The van der Waals surface area contributed by atoms with Gasteiger partial charge in [-0.2, -0.15) is 0 Å². The molecule has 0 amide bonds. The third-order valence-corrected chi connectivity index (χ3v) is 4.60. The largest absolute Gasteiger partial charge is 0.309 e. The zero-order valence-corrected chi connectivity index (χ0v) is 13.7. The van der Waals surface area contributed by atoms with E-state index in [4.69, 9.17) is 0 Å². The van der Waals surface area contributed by atoms with Gasteiger partial charge in [0.15, 0.2) is 0 Å². The predicted octanol–water partition coefficient (Wildman–Crippen LogP) is 3.99. The van der Waals surface area contributed by atoms with Crippen molar-refractivity contribution in [3.05, 3.63) is 35.6 Å². The van der Waals surface area contributed by atoms with Crippen molar-refractivity contribution in [1.29, 1.82) is 0 Å². The highest BCUT2D eigenvalue weighted by molar-refractivity contribution is 5.21. The van der Waals surface area contributed by atoms with Crippen LogP contribution in [0.3, 0.4) is 0 Å². The van der Waals surface area contributed by atoms with E-state index in [2.05, 4.69) is 31.0 Å². The maximum Gasteiger partial charge on any atom is 0.128 e. The molecular formula is C18H29FN2. The van der Waals surface area contributed by atoms with Gasteiger partial charge in [-0.25, -0.2) is 4.39 Å². The minimum absolute atomic E-state index is 0.0809. The Labute approximate surface area is 128 Å². The van der Waals surface area contributed by atoms with E-state index in [1.165, 1.54) is 19.3 Å².